The molecule has 1 atom stereocenters. The molecule has 0 aliphatic heterocycles. The van der Waals surface area contributed by atoms with Gasteiger partial charge in [0.15, 0.2) is 0 Å². The van der Waals surface area contributed by atoms with E-state index in [0.29, 0.717) is 6.04 Å². The summed E-state index contributed by atoms with van der Waals surface area (Å²) in [6, 6.07) is 4.55. The van der Waals surface area contributed by atoms with E-state index in [1.807, 2.05) is 30.2 Å². The minimum absolute atomic E-state index is 0.452. The zero-order valence-electron chi connectivity index (χ0n) is 11.3. The van der Waals surface area contributed by atoms with Crippen LogP contribution in [0.3, 0.4) is 0 Å². The van der Waals surface area contributed by atoms with Gasteiger partial charge in [-0.15, -0.1) is 0 Å². The molecule has 0 saturated heterocycles. The van der Waals surface area contributed by atoms with Crippen molar-refractivity contribution in [3.63, 3.8) is 0 Å². The van der Waals surface area contributed by atoms with Gasteiger partial charge < -0.3 is 5.32 Å². The van der Waals surface area contributed by atoms with E-state index in [4.69, 9.17) is 0 Å². The van der Waals surface area contributed by atoms with E-state index in [9.17, 15) is 0 Å². The molecular weight excluding hydrogens is 226 g/mol. The summed E-state index contributed by atoms with van der Waals surface area (Å²) in [5.74, 6) is 0. The van der Waals surface area contributed by atoms with Crippen molar-refractivity contribution < 1.29 is 0 Å². The molecule has 0 unspecified atom stereocenters. The molecule has 0 saturated carbocycles. The average Bonchev–Trinajstić information content (AvgIpc) is 2.98. The molecule has 0 radical (unpaired) electrons. The van der Waals surface area contributed by atoms with Crippen molar-refractivity contribution in [3.05, 3.63) is 35.9 Å². The molecule has 0 bridgehead atoms. The minimum atomic E-state index is 0.452. The first-order valence-electron chi connectivity index (χ1n) is 6.42. The second-order valence-corrected chi connectivity index (χ2v) is 4.57. The Kier molecular flexibility index (Phi) is 4.15. The lowest BCUT2D eigenvalue weighted by Crippen LogP contribution is -2.19. The molecule has 0 aliphatic carbocycles. The van der Waals surface area contributed by atoms with Crippen LogP contribution in [-0.2, 0) is 20.1 Å². The maximum atomic E-state index is 4.38. The molecule has 0 amide bonds. The van der Waals surface area contributed by atoms with Crippen LogP contribution in [0, 0.1) is 0 Å². The highest BCUT2D eigenvalue weighted by Crippen LogP contribution is 2.12. The van der Waals surface area contributed by atoms with Crippen molar-refractivity contribution >= 4 is 0 Å². The molecule has 98 valence electrons. The third-order valence-electron chi connectivity index (χ3n) is 3.30. The summed E-state index contributed by atoms with van der Waals surface area (Å²) in [7, 11) is 1.96. The first-order chi connectivity index (χ1) is 8.72. The van der Waals surface area contributed by atoms with E-state index in [1.165, 1.54) is 11.4 Å². The Balaban J connectivity index is 1.91. The summed E-state index contributed by atoms with van der Waals surface area (Å²) in [5.41, 5.74) is 2.41. The van der Waals surface area contributed by atoms with Crippen LogP contribution in [0.25, 0.3) is 0 Å². The lowest BCUT2D eigenvalue weighted by Gasteiger charge is -2.14. The molecule has 2 heterocycles. The lowest BCUT2D eigenvalue weighted by atomic mass is 10.2. The van der Waals surface area contributed by atoms with Crippen LogP contribution in [-0.4, -0.2) is 19.6 Å². The summed E-state index contributed by atoms with van der Waals surface area (Å²) in [6.07, 6.45) is 4.78. The fourth-order valence-corrected chi connectivity index (χ4v) is 1.94. The molecule has 5 heteroatoms. The van der Waals surface area contributed by atoms with E-state index < -0.39 is 0 Å². The van der Waals surface area contributed by atoms with Gasteiger partial charge in [-0.25, -0.2) is 0 Å². The monoisotopic (exact) mass is 247 g/mol. The van der Waals surface area contributed by atoms with E-state index in [0.717, 1.165) is 19.5 Å². The van der Waals surface area contributed by atoms with Crippen molar-refractivity contribution in [3.8, 4) is 0 Å². The smallest absolute Gasteiger partial charge is 0.0525 e. The van der Waals surface area contributed by atoms with Gasteiger partial charge in [0.05, 0.1) is 11.4 Å². The fraction of sp³-hybridized carbons (Fsp3) is 0.538. The number of rotatable bonds is 6. The molecule has 18 heavy (non-hydrogen) atoms. The summed E-state index contributed by atoms with van der Waals surface area (Å²) in [6.45, 7) is 6.02. The number of aryl methyl sites for hydroxylation is 1. The molecule has 2 aromatic heterocycles. The Labute approximate surface area is 108 Å². The third kappa shape index (κ3) is 2.79. The van der Waals surface area contributed by atoms with E-state index in [1.54, 1.807) is 0 Å². The van der Waals surface area contributed by atoms with Crippen molar-refractivity contribution in [1.82, 2.24) is 24.9 Å². The number of nitrogens with zero attached hydrogens (tertiary/aromatic N) is 4. The van der Waals surface area contributed by atoms with Gasteiger partial charge in [-0.3, -0.25) is 9.36 Å². The summed E-state index contributed by atoms with van der Waals surface area (Å²) in [4.78, 5) is 0. The average molecular weight is 247 g/mol. The topological polar surface area (TPSA) is 47.7 Å². The molecule has 1 N–H and O–H groups in total. The molecule has 2 aromatic rings. The number of nitrogens with one attached hydrogen (secondary N) is 1. The van der Waals surface area contributed by atoms with Gasteiger partial charge in [0.25, 0.3) is 0 Å². The van der Waals surface area contributed by atoms with E-state index in [2.05, 4.69) is 40.1 Å². The highest BCUT2D eigenvalue weighted by atomic mass is 15.3. The largest absolute Gasteiger partial charge is 0.306 e. The van der Waals surface area contributed by atoms with Crippen LogP contribution >= 0.6 is 0 Å². The van der Waals surface area contributed by atoms with Crippen LogP contribution in [0.15, 0.2) is 24.5 Å². The molecule has 0 aliphatic rings. The first kappa shape index (κ1) is 12.8. The maximum absolute atomic E-state index is 4.38. The van der Waals surface area contributed by atoms with Gasteiger partial charge in [-0.2, -0.15) is 10.2 Å². The molecule has 5 nitrogen and oxygen atoms in total. The summed E-state index contributed by atoms with van der Waals surface area (Å²) in [5, 5.41) is 12.0. The molecular formula is C13H21N5. The normalized spacial score (nSPS) is 12.8. The molecule has 0 aromatic carbocycles. The van der Waals surface area contributed by atoms with Gasteiger partial charge in [0, 0.05) is 38.6 Å². The van der Waals surface area contributed by atoms with Crippen LogP contribution in [0.5, 0.6) is 0 Å². The van der Waals surface area contributed by atoms with Gasteiger partial charge in [-0.05, 0) is 25.5 Å². The summed E-state index contributed by atoms with van der Waals surface area (Å²) >= 11 is 0. The zero-order valence-corrected chi connectivity index (χ0v) is 11.3. The van der Waals surface area contributed by atoms with Crippen molar-refractivity contribution in [2.75, 3.05) is 0 Å². The Morgan fingerprint density at radius 2 is 1.83 bits per heavy atom. The zero-order chi connectivity index (χ0) is 13.0. The Morgan fingerprint density at radius 3 is 2.50 bits per heavy atom. The van der Waals surface area contributed by atoms with E-state index in [-0.39, 0.29) is 0 Å². The molecule has 0 fully saturated rings. The number of hydrogen-bond donors (Lipinski definition) is 1. The summed E-state index contributed by atoms with van der Waals surface area (Å²) < 4.78 is 3.98. The minimum Gasteiger partial charge on any atom is -0.306 e. The van der Waals surface area contributed by atoms with Gasteiger partial charge >= 0.3 is 0 Å². The maximum Gasteiger partial charge on any atom is 0.0525 e. The number of aromatic nitrogens is 4. The van der Waals surface area contributed by atoms with Crippen LogP contribution in [0.2, 0.25) is 0 Å². The Morgan fingerprint density at radius 1 is 1.17 bits per heavy atom. The van der Waals surface area contributed by atoms with Gasteiger partial charge in [0.2, 0.25) is 0 Å². The SMILES string of the molecule is CC[C@@H](C)n1nccc1CNCc1ccnn1C. The van der Waals surface area contributed by atoms with Crippen LogP contribution < -0.4 is 5.32 Å². The first-order valence-corrected chi connectivity index (χ1v) is 6.42. The number of hydrogen-bond acceptors (Lipinski definition) is 3. The standard InChI is InChI=1S/C13H21N5/c1-4-11(2)18-13(6-8-16-18)10-14-9-12-5-7-15-17(12)3/h5-8,11,14H,4,9-10H2,1-3H3/t11-/m1/s1. The van der Waals surface area contributed by atoms with E-state index >= 15 is 0 Å². The highest BCUT2D eigenvalue weighted by Gasteiger charge is 2.08. The quantitative estimate of drug-likeness (QED) is 0.848. The second-order valence-electron chi connectivity index (χ2n) is 4.57. The van der Waals surface area contributed by atoms with Crippen molar-refractivity contribution in [2.45, 2.75) is 39.4 Å². The lowest BCUT2D eigenvalue weighted by molar-refractivity contribution is 0.450. The highest BCUT2D eigenvalue weighted by molar-refractivity contribution is 5.03. The molecule has 2 rings (SSSR count). The fourth-order valence-electron chi connectivity index (χ4n) is 1.94. The van der Waals surface area contributed by atoms with Crippen molar-refractivity contribution in [1.29, 1.82) is 0 Å². The molecule has 0 spiro atoms. The predicted molar refractivity (Wildman–Crippen MR) is 71.0 cm³/mol. The Bertz CT molecular complexity index is 485. The van der Waals surface area contributed by atoms with Crippen LogP contribution in [0.1, 0.15) is 37.7 Å². The third-order valence-corrected chi connectivity index (χ3v) is 3.30. The van der Waals surface area contributed by atoms with Gasteiger partial charge in [-0.1, -0.05) is 6.92 Å². The van der Waals surface area contributed by atoms with Crippen molar-refractivity contribution in [2.24, 2.45) is 7.05 Å². The second kappa shape index (κ2) is 5.82. The predicted octanol–water partition coefficient (Wildman–Crippen LogP) is 1.88. The van der Waals surface area contributed by atoms with Crippen LogP contribution in [0.4, 0.5) is 0 Å². The van der Waals surface area contributed by atoms with Gasteiger partial charge in [0.1, 0.15) is 0 Å². The Hall–Kier alpha value is -1.62.